The summed E-state index contributed by atoms with van der Waals surface area (Å²) in [4.78, 5) is 29.6. The number of hydrogen-bond acceptors (Lipinski definition) is 5. The van der Waals surface area contributed by atoms with Gasteiger partial charge in [0.1, 0.15) is 11.2 Å². The minimum Gasteiger partial charge on any atom is -0.444 e. The lowest BCUT2D eigenvalue weighted by molar-refractivity contribution is 0.00699. The van der Waals surface area contributed by atoms with Crippen molar-refractivity contribution < 1.29 is 19.1 Å². The van der Waals surface area contributed by atoms with Gasteiger partial charge in [-0.3, -0.25) is 4.99 Å². The van der Waals surface area contributed by atoms with Crippen molar-refractivity contribution in [2.75, 3.05) is 32.7 Å². The number of ether oxygens (including phenoxy) is 2. The molecule has 1 aliphatic rings. The van der Waals surface area contributed by atoms with E-state index in [2.05, 4.69) is 20.9 Å². The molecule has 3 N–H and O–H groups in total. The van der Waals surface area contributed by atoms with Gasteiger partial charge in [0.25, 0.3) is 0 Å². The van der Waals surface area contributed by atoms with Crippen LogP contribution in [0.2, 0.25) is 0 Å². The predicted octanol–water partition coefficient (Wildman–Crippen LogP) is 1.69. The Bertz CT molecular complexity index is 531. The number of alkyl carbamates (subject to hydrolysis) is 1. The van der Waals surface area contributed by atoms with E-state index in [4.69, 9.17) is 9.47 Å². The lowest BCUT2D eigenvalue weighted by Crippen LogP contribution is -2.63. The van der Waals surface area contributed by atoms with Gasteiger partial charge in [-0.15, -0.1) is 0 Å². The summed E-state index contributed by atoms with van der Waals surface area (Å²) in [6.07, 6.45) is -0.758. The first-order valence-electron chi connectivity index (χ1n) is 9.39. The first-order chi connectivity index (χ1) is 12.4. The highest BCUT2D eigenvalue weighted by Crippen LogP contribution is 2.15. The molecule has 9 nitrogen and oxygen atoms in total. The second-order valence-electron chi connectivity index (χ2n) is 8.42. The Balaban J connectivity index is 2.35. The molecule has 0 bridgehead atoms. The van der Waals surface area contributed by atoms with E-state index < -0.39 is 17.3 Å². The molecule has 0 aromatic heterocycles. The Kier molecular flexibility index (Phi) is 8.18. The Morgan fingerprint density at radius 3 is 2.15 bits per heavy atom. The lowest BCUT2D eigenvalue weighted by atomic mass is 10.1. The average Bonchev–Trinajstić information content (AvgIpc) is 2.42. The molecule has 0 saturated carbocycles. The Hall–Kier alpha value is -2.19. The zero-order valence-electron chi connectivity index (χ0n) is 17.6. The summed E-state index contributed by atoms with van der Waals surface area (Å²) >= 11 is 0. The molecule has 27 heavy (non-hydrogen) atoms. The van der Waals surface area contributed by atoms with E-state index in [0.717, 1.165) is 0 Å². The zero-order chi connectivity index (χ0) is 20.7. The van der Waals surface area contributed by atoms with Crippen LogP contribution in [-0.2, 0) is 9.47 Å². The number of nitrogens with one attached hydrogen (secondary N) is 3. The van der Waals surface area contributed by atoms with Crippen molar-refractivity contribution in [3.05, 3.63) is 0 Å². The van der Waals surface area contributed by atoms with Crippen LogP contribution in [0, 0.1) is 0 Å². The van der Waals surface area contributed by atoms with Crippen LogP contribution in [-0.4, -0.2) is 73.0 Å². The van der Waals surface area contributed by atoms with Gasteiger partial charge in [-0.1, -0.05) is 0 Å². The van der Waals surface area contributed by atoms with E-state index in [1.807, 2.05) is 48.5 Å². The molecule has 1 rings (SSSR count). The van der Waals surface area contributed by atoms with Gasteiger partial charge in [0.2, 0.25) is 0 Å². The highest BCUT2D eigenvalue weighted by Gasteiger charge is 2.34. The van der Waals surface area contributed by atoms with E-state index in [-0.39, 0.29) is 12.1 Å². The predicted molar refractivity (Wildman–Crippen MR) is 105 cm³/mol. The van der Waals surface area contributed by atoms with E-state index in [9.17, 15) is 9.59 Å². The summed E-state index contributed by atoms with van der Waals surface area (Å²) in [6.45, 7) is 15.6. The zero-order valence-corrected chi connectivity index (χ0v) is 17.6. The van der Waals surface area contributed by atoms with Crippen molar-refractivity contribution in [2.45, 2.75) is 65.7 Å². The van der Waals surface area contributed by atoms with Crippen molar-refractivity contribution >= 4 is 18.1 Å². The molecule has 2 amide bonds. The molecule has 1 fully saturated rings. The number of likely N-dealkylation sites (tertiary alicyclic amines) is 1. The third-order valence-electron chi connectivity index (χ3n) is 3.27. The first kappa shape index (κ1) is 22.9. The summed E-state index contributed by atoms with van der Waals surface area (Å²) in [6, 6.07) is 0.120. The summed E-state index contributed by atoms with van der Waals surface area (Å²) < 4.78 is 10.5. The minimum absolute atomic E-state index is 0.120. The Morgan fingerprint density at radius 1 is 1.04 bits per heavy atom. The fourth-order valence-corrected chi connectivity index (χ4v) is 2.20. The topological polar surface area (TPSA) is 104 Å². The van der Waals surface area contributed by atoms with Crippen molar-refractivity contribution in [3.63, 3.8) is 0 Å². The van der Waals surface area contributed by atoms with Crippen LogP contribution in [0.25, 0.3) is 0 Å². The van der Waals surface area contributed by atoms with Crippen LogP contribution in [0.1, 0.15) is 48.5 Å². The SMILES string of the molecule is CCNC(=NCCNC(=O)OC(C)(C)C)NC1CN(C(=O)OC(C)(C)C)C1. The van der Waals surface area contributed by atoms with Gasteiger partial charge >= 0.3 is 12.2 Å². The number of amides is 2. The van der Waals surface area contributed by atoms with Gasteiger partial charge < -0.3 is 30.3 Å². The molecule has 0 aromatic rings. The fourth-order valence-electron chi connectivity index (χ4n) is 2.20. The van der Waals surface area contributed by atoms with Crippen LogP contribution in [0.4, 0.5) is 9.59 Å². The fraction of sp³-hybridized carbons (Fsp3) is 0.833. The second kappa shape index (κ2) is 9.66. The molecule has 0 spiro atoms. The minimum atomic E-state index is -0.520. The number of rotatable bonds is 5. The molecule has 0 atom stereocenters. The molecule has 1 saturated heterocycles. The van der Waals surface area contributed by atoms with E-state index in [1.165, 1.54) is 0 Å². The van der Waals surface area contributed by atoms with Crippen LogP contribution in [0.3, 0.4) is 0 Å². The maximum Gasteiger partial charge on any atom is 0.410 e. The first-order valence-corrected chi connectivity index (χ1v) is 9.39. The van der Waals surface area contributed by atoms with E-state index in [1.54, 1.807) is 4.90 Å². The maximum absolute atomic E-state index is 11.9. The highest BCUT2D eigenvalue weighted by molar-refractivity contribution is 5.80. The molecule has 0 radical (unpaired) electrons. The molecule has 156 valence electrons. The van der Waals surface area contributed by atoms with Crippen molar-refractivity contribution in [1.29, 1.82) is 0 Å². The number of carbonyl (C=O) groups excluding carboxylic acids is 2. The quantitative estimate of drug-likeness (QED) is 0.378. The highest BCUT2D eigenvalue weighted by atomic mass is 16.6. The third-order valence-corrected chi connectivity index (χ3v) is 3.27. The molecule has 9 heteroatoms. The number of hydrogen-bond donors (Lipinski definition) is 3. The van der Waals surface area contributed by atoms with Crippen LogP contribution in [0.5, 0.6) is 0 Å². The molecule has 1 aliphatic heterocycles. The van der Waals surface area contributed by atoms with Crippen molar-refractivity contribution in [1.82, 2.24) is 20.9 Å². The Labute approximate surface area is 162 Å². The second-order valence-corrected chi connectivity index (χ2v) is 8.42. The number of guanidine groups is 1. The molecule has 0 unspecified atom stereocenters. The summed E-state index contributed by atoms with van der Waals surface area (Å²) in [7, 11) is 0. The summed E-state index contributed by atoms with van der Waals surface area (Å²) in [5.41, 5.74) is -1.01. The smallest absolute Gasteiger partial charge is 0.410 e. The standard InChI is InChI=1S/C18H35N5O4/c1-8-19-14(20-9-10-21-15(24)26-17(2,3)4)22-13-11-23(12-13)16(25)27-18(5,6)7/h13H,8-12H2,1-7H3,(H,21,24)(H2,19,20,22). The number of nitrogens with zero attached hydrogens (tertiary/aromatic N) is 2. The monoisotopic (exact) mass is 385 g/mol. The van der Waals surface area contributed by atoms with Gasteiger partial charge in [-0.25, -0.2) is 9.59 Å². The van der Waals surface area contributed by atoms with Crippen LogP contribution in [0.15, 0.2) is 4.99 Å². The largest absolute Gasteiger partial charge is 0.444 e. The Morgan fingerprint density at radius 2 is 1.63 bits per heavy atom. The van der Waals surface area contributed by atoms with Gasteiger partial charge in [-0.05, 0) is 48.5 Å². The molecule has 0 aromatic carbocycles. The van der Waals surface area contributed by atoms with E-state index >= 15 is 0 Å². The normalized spacial score (nSPS) is 15.7. The lowest BCUT2D eigenvalue weighted by Gasteiger charge is -2.40. The van der Waals surface area contributed by atoms with Crippen molar-refractivity contribution in [2.24, 2.45) is 4.99 Å². The molecular weight excluding hydrogens is 350 g/mol. The summed E-state index contributed by atoms with van der Waals surface area (Å²) in [5.74, 6) is 0.650. The van der Waals surface area contributed by atoms with Gasteiger partial charge in [0.05, 0.1) is 12.6 Å². The average molecular weight is 386 g/mol. The van der Waals surface area contributed by atoms with Gasteiger partial charge in [0.15, 0.2) is 5.96 Å². The number of aliphatic imine (C=N–C) groups is 1. The molecule has 0 aliphatic carbocycles. The van der Waals surface area contributed by atoms with Gasteiger partial charge in [-0.2, -0.15) is 0 Å². The van der Waals surface area contributed by atoms with Crippen LogP contribution < -0.4 is 16.0 Å². The summed E-state index contributed by atoms with van der Waals surface area (Å²) in [5, 5.41) is 9.09. The molecular formula is C18H35N5O4. The molecule has 1 heterocycles. The van der Waals surface area contributed by atoms with Crippen molar-refractivity contribution in [3.8, 4) is 0 Å². The van der Waals surface area contributed by atoms with Gasteiger partial charge in [0, 0.05) is 26.2 Å². The van der Waals surface area contributed by atoms with Crippen LogP contribution >= 0.6 is 0 Å². The van der Waals surface area contributed by atoms with E-state index in [0.29, 0.717) is 38.7 Å². The third kappa shape index (κ3) is 9.91. The maximum atomic E-state index is 11.9. The number of carbonyl (C=O) groups is 2.